The van der Waals surface area contributed by atoms with Crippen LogP contribution in [0.2, 0.25) is 5.02 Å². The second-order valence-corrected chi connectivity index (χ2v) is 8.74. The Kier molecular flexibility index (Phi) is 6.82. The van der Waals surface area contributed by atoms with Crippen molar-refractivity contribution in [1.29, 1.82) is 0 Å². The normalized spacial score (nSPS) is 12.5. The Morgan fingerprint density at radius 2 is 1.64 bits per heavy atom. The van der Waals surface area contributed by atoms with Gasteiger partial charge in [0.1, 0.15) is 4.90 Å². The predicted octanol–water partition coefficient (Wildman–Crippen LogP) is 2.80. The molecule has 0 N–H and O–H groups in total. The van der Waals surface area contributed by atoms with Crippen LogP contribution in [0.15, 0.2) is 53.4 Å². The van der Waals surface area contributed by atoms with E-state index in [-0.39, 0.29) is 15.5 Å². The number of ether oxygens (including phenoxy) is 1. The van der Waals surface area contributed by atoms with E-state index in [4.69, 9.17) is 16.3 Å². The van der Waals surface area contributed by atoms with E-state index in [0.717, 1.165) is 10.4 Å². The third kappa shape index (κ3) is 4.70. The molecule has 0 aliphatic rings. The quantitative estimate of drug-likeness (QED) is 0.666. The molecule has 0 saturated carbocycles. The van der Waals surface area contributed by atoms with Crippen LogP contribution in [0.4, 0.5) is 5.69 Å². The average molecular weight is 425 g/mol. The minimum Gasteiger partial charge on any atom is -0.449 e. The molecular formula is C19H21ClN2O5S. The molecular weight excluding hydrogens is 404 g/mol. The van der Waals surface area contributed by atoms with Crippen LogP contribution in [-0.2, 0) is 19.6 Å². The molecule has 2 aromatic carbocycles. The van der Waals surface area contributed by atoms with Gasteiger partial charge in [0.2, 0.25) is 10.0 Å². The molecule has 9 heteroatoms. The molecule has 0 saturated heterocycles. The SMILES string of the molecule is CC(OC(=O)c1ccc(Cl)c(S(=O)(=O)N(C)C)c1)C(=O)N(C)c1ccccc1. The summed E-state index contributed by atoms with van der Waals surface area (Å²) >= 11 is 5.98. The number of para-hydroxylation sites is 1. The Morgan fingerprint density at radius 3 is 2.21 bits per heavy atom. The summed E-state index contributed by atoms with van der Waals surface area (Å²) in [5, 5.41) is -0.0156. The van der Waals surface area contributed by atoms with Crippen molar-refractivity contribution in [2.24, 2.45) is 0 Å². The molecule has 2 aromatic rings. The molecule has 150 valence electrons. The largest absolute Gasteiger partial charge is 0.449 e. The van der Waals surface area contributed by atoms with E-state index in [1.165, 1.54) is 38.1 Å². The van der Waals surface area contributed by atoms with Gasteiger partial charge in [0, 0.05) is 26.8 Å². The first-order valence-electron chi connectivity index (χ1n) is 8.31. The number of likely N-dealkylation sites (N-methyl/N-ethyl adjacent to an activating group) is 1. The highest BCUT2D eigenvalue weighted by molar-refractivity contribution is 7.89. The van der Waals surface area contributed by atoms with Crippen LogP contribution in [0.1, 0.15) is 17.3 Å². The van der Waals surface area contributed by atoms with Crippen molar-refractivity contribution in [3.63, 3.8) is 0 Å². The molecule has 2 rings (SSSR count). The topological polar surface area (TPSA) is 84.0 Å². The van der Waals surface area contributed by atoms with Crippen LogP contribution >= 0.6 is 11.6 Å². The van der Waals surface area contributed by atoms with Crippen molar-refractivity contribution < 1.29 is 22.7 Å². The Bertz CT molecular complexity index is 977. The summed E-state index contributed by atoms with van der Waals surface area (Å²) in [5.74, 6) is -1.25. The van der Waals surface area contributed by atoms with Crippen molar-refractivity contribution in [2.75, 3.05) is 26.0 Å². The smallest absolute Gasteiger partial charge is 0.338 e. The summed E-state index contributed by atoms with van der Waals surface area (Å²) in [7, 11) is 0.452. The van der Waals surface area contributed by atoms with Gasteiger partial charge in [-0.05, 0) is 37.3 Å². The highest BCUT2D eigenvalue weighted by atomic mass is 35.5. The summed E-state index contributed by atoms with van der Waals surface area (Å²) in [6, 6.07) is 12.7. The maximum Gasteiger partial charge on any atom is 0.338 e. The van der Waals surface area contributed by atoms with Crippen molar-refractivity contribution in [3.8, 4) is 0 Å². The number of halogens is 1. The number of anilines is 1. The van der Waals surface area contributed by atoms with Gasteiger partial charge in [-0.2, -0.15) is 0 Å². The van der Waals surface area contributed by atoms with Crippen molar-refractivity contribution >= 4 is 39.2 Å². The molecule has 0 fully saturated rings. The molecule has 0 spiro atoms. The molecule has 0 aliphatic carbocycles. The second-order valence-electron chi connectivity index (χ2n) is 6.21. The zero-order chi connectivity index (χ0) is 21.1. The lowest BCUT2D eigenvalue weighted by molar-refractivity contribution is -0.126. The van der Waals surface area contributed by atoms with Crippen LogP contribution in [-0.4, -0.2) is 51.8 Å². The molecule has 0 aliphatic heterocycles. The Hall–Kier alpha value is -2.42. The molecule has 28 heavy (non-hydrogen) atoms. The fraction of sp³-hybridized carbons (Fsp3) is 0.263. The van der Waals surface area contributed by atoms with E-state index in [1.54, 1.807) is 31.3 Å². The number of hydrogen-bond donors (Lipinski definition) is 0. The number of carbonyl (C=O) groups is 2. The maximum absolute atomic E-state index is 12.5. The van der Waals surface area contributed by atoms with Crippen molar-refractivity contribution in [2.45, 2.75) is 17.9 Å². The van der Waals surface area contributed by atoms with Crippen LogP contribution in [0.3, 0.4) is 0 Å². The third-order valence-corrected chi connectivity index (χ3v) is 6.33. The number of amides is 1. The van der Waals surface area contributed by atoms with Gasteiger partial charge in [-0.15, -0.1) is 0 Å². The van der Waals surface area contributed by atoms with Gasteiger partial charge in [-0.1, -0.05) is 29.8 Å². The molecule has 1 unspecified atom stereocenters. The Labute approximate surface area is 169 Å². The molecule has 0 aromatic heterocycles. The molecule has 1 atom stereocenters. The fourth-order valence-electron chi connectivity index (χ4n) is 2.36. The summed E-state index contributed by atoms with van der Waals surface area (Å²) < 4.78 is 30.9. The number of hydrogen-bond acceptors (Lipinski definition) is 5. The number of rotatable bonds is 6. The zero-order valence-electron chi connectivity index (χ0n) is 15.9. The van der Waals surface area contributed by atoms with Crippen LogP contribution in [0, 0.1) is 0 Å². The van der Waals surface area contributed by atoms with Gasteiger partial charge < -0.3 is 9.64 Å². The predicted molar refractivity (Wildman–Crippen MR) is 107 cm³/mol. The summed E-state index contributed by atoms with van der Waals surface area (Å²) in [6.45, 7) is 1.45. The molecule has 0 heterocycles. The number of sulfonamides is 1. The lowest BCUT2D eigenvalue weighted by Crippen LogP contribution is -2.37. The van der Waals surface area contributed by atoms with E-state index >= 15 is 0 Å². The van der Waals surface area contributed by atoms with Gasteiger partial charge in [0.15, 0.2) is 6.10 Å². The first-order chi connectivity index (χ1) is 13.1. The molecule has 0 bridgehead atoms. The van der Waals surface area contributed by atoms with E-state index in [9.17, 15) is 18.0 Å². The van der Waals surface area contributed by atoms with E-state index in [0.29, 0.717) is 5.69 Å². The number of nitrogens with zero attached hydrogens (tertiary/aromatic N) is 2. The van der Waals surface area contributed by atoms with E-state index in [1.807, 2.05) is 6.07 Å². The summed E-state index contributed by atoms with van der Waals surface area (Å²) in [4.78, 5) is 26.1. The minimum atomic E-state index is -3.84. The maximum atomic E-state index is 12.5. The van der Waals surface area contributed by atoms with Crippen LogP contribution in [0.5, 0.6) is 0 Å². The summed E-state index contributed by atoms with van der Waals surface area (Å²) in [5.41, 5.74) is 0.632. The lowest BCUT2D eigenvalue weighted by Gasteiger charge is -2.21. The zero-order valence-corrected chi connectivity index (χ0v) is 17.5. The fourth-order valence-corrected chi connectivity index (χ4v) is 3.75. The van der Waals surface area contributed by atoms with Crippen LogP contribution < -0.4 is 4.90 Å². The van der Waals surface area contributed by atoms with Crippen molar-refractivity contribution in [1.82, 2.24) is 4.31 Å². The minimum absolute atomic E-state index is 0.0156. The van der Waals surface area contributed by atoms with Gasteiger partial charge in [-0.25, -0.2) is 17.5 Å². The van der Waals surface area contributed by atoms with Crippen LogP contribution in [0.25, 0.3) is 0 Å². The number of esters is 1. The molecule has 0 radical (unpaired) electrons. The highest BCUT2D eigenvalue weighted by Crippen LogP contribution is 2.25. The number of benzene rings is 2. The highest BCUT2D eigenvalue weighted by Gasteiger charge is 2.26. The Morgan fingerprint density at radius 1 is 1.04 bits per heavy atom. The van der Waals surface area contributed by atoms with E-state index in [2.05, 4.69) is 0 Å². The van der Waals surface area contributed by atoms with Gasteiger partial charge in [0.05, 0.1) is 10.6 Å². The third-order valence-electron chi connectivity index (χ3n) is 4.03. The Balaban J connectivity index is 2.20. The lowest BCUT2D eigenvalue weighted by atomic mass is 10.2. The average Bonchev–Trinajstić information content (AvgIpc) is 2.67. The number of carbonyl (C=O) groups excluding carboxylic acids is 2. The standard InChI is InChI=1S/C19H21ClN2O5S/c1-13(18(23)22(4)15-8-6-5-7-9-15)27-19(24)14-10-11-16(20)17(12-14)28(25,26)21(2)3/h5-13H,1-4H3. The van der Waals surface area contributed by atoms with Crippen molar-refractivity contribution in [3.05, 3.63) is 59.1 Å². The second kappa shape index (κ2) is 8.72. The van der Waals surface area contributed by atoms with Gasteiger partial charge in [-0.3, -0.25) is 4.79 Å². The monoisotopic (exact) mass is 424 g/mol. The molecule has 7 nitrogen and oxygen atoms in total. The molecule has 1 amide bonds. The van der Waals surface area contributed by atoms with Gasteiger partial charge >= 0.3 is 5.97 Å². The first-order valence-corrected chi connectivity index (χ1v) is 10.1. The summed E-state index contributed by atoms with van der Waals surface area (Å²) in [6.07, 6.45) is -1.07. The van der Waals surface area contributed by atoms with E-state index < -0.39 is 28.0 Å². The first kappa shape index (κ1) is 21.9. The van der Waals surface area contributed by atoms with Gasteiger partial charge in [0.25, 0.3) is 5.91 Å².